The molecule has 0 N–H and O–H groups in total. The summed E-state index contributed by atoms with van der Waals surface area (Å²) in [7, 11) is 0. The fourth-order valence-electron chi connectivity index (χ4n) is 2.60. The van der Waals surface area contributed by atoms with Gasteiger partial charge in [-0.2, -0.15) is 0 Å². The van der Waals surface area contributed by atoms with Crippen molar-refractivity contribution < 1.29 is 4.42 Å². The molecule has 2 aromatic rings. The van der Waals surface area contributed by atoms with Gasteiger partial charge in [0.1, 0.15) is 10.9 Å². The largest absolute Gasteiger partial charge is 0.469 e. The minimum Gasteiger partial charge on any atom is -0.469 e. The highest BCUT2D eigenvalue weighted by Crippen LogP contribution is 2.34. The third kappa shape index (κ3) is 2.15. The second kappa shape index (κ2) is 4.73. The number of hydrogen-bond acceptors (Lipinski definition) is 3. The van der Waals surface area contributed by atoms with Gasteiger partial charge in [-0.1, -0.05) is 24.4 Å². The van der Waals surface area contributed by atoms with E-state index in [4.69, 9.17) is 16.0 Å². The molecule has 1 fully saturated rings. The lowest BCUT2D eigenvalue weighted by atomic mass is 10.0. The molecule has 0 spiro atoms. The van der Waals surface area contributed by atoms with Crippen LogP contribution in [0.15, 0.2) is 22.8 Å². The molecule has 3 rings (SSSR count). The van der Waals surface area contributed by atoms with Crippen LogP contribution < -0.4 is 0 Å². The van der Waals surface area contributed by atoms with Crippen molar-refractivity contribution in [3.05, 3.63) is 35.0 Å². The van der Waals surface area contributed by atoms with E-state index in [0.717, 1.165) is 17.0 Å². The Hall–Kier alpha value is -1.35. The predicted octanol–water partition coefficient (Wildman–Crippen LogP) is 4.36. The predicted molar refractivity (Wildman–Crippen MR) is 70.7 cm³/mol. The Morgan fingerprint density at radius 3 is 2.72 bits per heavy atom. The molecule has 1 saturated carbocycles. The van der Waals surface area contributed by atoms with E-state index in [0.29, 0.717) is 16.9 Å². The molecule has 94 valence electrons. The van der Waals surface area contributed by atoms with Gasteiger partial charge in [-0.05, 0) is 31.9 Å². The summed E-state index contributed by atoms with van der Waals surface area (Å²) in [5.74, 6) is 2.04. The molecule has 2 heterocycles. The summed E-state index contributed by atoms with van der Waals surface area (Å²) in [5.41, 5.74) is 2.00. The van der Waals surface area contributed by atoms with Crippen molar-refractivity contribution >= 4 is 11.6 Å². The summed E-state index contributed by atoms with van der Waals surface area (Å²) < 4.78 is 5.30. The second-order valence-electron chi connectivity index (χ2n) is 4.81. The van der Waals surface area contributed by atoms with Gasteiger partial charge < -0.3 is 4.42 Å². The minimum atomic E-state index is 0.516. The lowest BCUT2D eigenvalue weighted by Gasteiger charge is -2.10. The Morgan fingerprint density at radius 2 is 2.06 bits per heavy atom. The molecule has 3 nitrogen and oxygen atoms in total. The number of furan rings is 1. The van der Waals surface area contributed by atoms with Crippen molar-refractivity contribution in [2.24, 2.45) is 0 Å². The number of halogens is 1. The van der Waals surface area contributed by atoms with Gasteiger partial charge >= 0.3 is 0 Å². The van der Waals surface area contributed by atoms with Crippen LogP contribution in [0.4, 0.5) is 0 Å². The van der Waals surface area contributed by atoms with Crippen LogP contribution in [0.25, 0.3) is 11.4 Å². The standard InChI is InChI=1S/C14H15ClN2O/c1-9-11(6-7-18-9)14-16-12(8-13(15)17-14)10-4-2-3-5-10/h6-8,10H,2-5H2,1H3. The summed E-state index contributed by atoms with van der Waals surface area (Å²) in [6.45, 7) is 1.91. The van der Waals surface area contributed by atoms with Gasteiger partial charge in [0.25, 0.3) is 0 Å². The second-order valence-corrected chi connectivity index (χ2v) is 5.20. The lowest BCUT2D eigenvalue weighted by Crippen LogP contribution is -2.00. The van der Waals surface area contributed by atoms with Crippen molar-refractivity contribution in [3.63, 3.8) is 0 Å². The SMILES string of the molecule is Cc1occc1-c1nc(Cl)cc(C2CCCC2)n1. The van der Waals surface area contributed by atoms with E-state index in [1.165, 1.54) is 25.7 Å². The first-order valence-electron chi connectivity index (χ1n) is 6.33. The van der Waals surface area contributed by atoms with E-state index < -0.39 is 0 Å². The summed E-state index contributed by atoms with van der Waals surface area (Å²) in [4.78, 5) is 8.97. The van der Waals surface area contributed by atoms with Crippen molar-refractivity contribution in [1.29, 1.82) is 0 Å². The van der Waals surface area contributed by atoms with Crippen molar-refractivity contribution in [3.8, 4) is 11.4 Å². The van der Waals surface area contributed by atoms with E-state index in [1.807, 2.05) is 19.1 Å². The van der Waals surface area contributed by atoms with E-state index in [-0.39, 0.29) is 0 Å². The van der Waals surface area contributed by atoms with E-state index in [1.54, 1.807) is 6.26 Å². The molecule has 0 aliphatic heterocycles. The number of hydrogen-bond donors (Lipinski definition) is 0. The molecule has 0 amide bonds. The average molecular weight is 263 g/mol. The first kappa shape index (κ1) is 11.7. The summed E-state index contributed by atoms with van der Waals surface area (Å²) in [6, 6.07) is 3.79. The monoisotopic (exact) mass is 262 g/mol. The van der Waals surface area contributed by atoms with Gasteiger partial charge in [0.2, 0.25) is 0 Å². The van der Waals surface area contributed by atoms with Crippen LogP contribution in [0.2, 0.25) is 5.15 Å². The molecular formula is C14H15ClN2O. The third-order valence-electron chi connectivity index (χ3n) is 3.59. The zero-order valence-electron chi connectivity index (χ0n) is 10.3. The van der Waals surface area contributed by atoms with E-state index in [9.17, 15) is 0 Å². The fraction of sp³-hybridized carbons (Fsp3) is 0.429. The highest BCUT2D eigenvalue weighted by atomic mass is 35.5. The topological polar surface area (TPSA) is 38.9 Å². The molecule has 0 aromatic carbocycles. The van der Waals surface area contributed by atoms with Crippen LogP contribution in [0.1, 0.15) is 43.1 Å². The lowest BCUT2D eigenvalue weighted by molar-refractivity contribution is 0.535. The normalized spacial score (nSPS) is 16.3. The van der Waals surface area contributed by atoms with Gasteiger partial charge in [-0.3, -0.25) is 0 Å². The van der Waals surface area contributed by atoms with Crippen molar-refractivity contribution in [2.45, 2.75) is 38.5 Å². The van der Waals surface area contributed by atoms with Crippen LogP contribution in [-0.2, 0) is 0 Å². The fourth-order valence-corrected chi connectivity index (χ4v) is 2.79. The summed E-state index contributed by atoms with van der Waals surface area (Å²) >= 11 is 6.12. The Bertz CT molecular complexity index is 559. The van der Waals surface area contributed by atoms with Crippen LogP contribution in [-0.4, -0.2) is 9.97 Å². The van der Waals surface area contributed by atoms with Crippen molar-refractivity contribution in [2.75, 3.05) is 0 Å². The maximum absolute atomic E-state index is 6.12. The van der Waals surface area contributed by atoms with Gasteiger partial charge in [0.15, 0.2) is 5.82 Å². The van der Waals surface area contributed by atoms with Gasteiger partial charge in [0.05, 0.1) is 11.8 Å². The minimum absolute atomic E-state index is 0.516. The average Bonchev–Trinajstić information content (AvgIpc) is 2.98. The van der Waals surface area contributed by atoms with E-state index in [2.05, 4.69) is 9.97 Å². The van der Waals surface area contributed by atoms with Crippen LogP contribution in [0.5, 0.6) is 0 Å². The Labute approximate surface area is 111 Å². The van der Waals surface area contributed by atoms with Gasteiger partial charge in [-0.25, -0.2) is 9.97 Å². The number of aryl methyl sites for hydroxylation is 1. The molecule has 0 atom stereocenters. The highest BCUT2D eigenvalue weighted by Gasteiger charge is 2.20. The number of nitrogens with zero attached hydrogens (tertiary/aromatic N) is 2. The first-order chi connectivity index (χ1) is 8.74. The third-order valence-corrected chi connectivity index (χ3v) is 3.78. The molecule has 1 aliphatic carbocycles. The van der Waals surface area contributed by atoms with Gasteiger partial charge in [-0.15, -0.1) is 0 Å². The van der Waals surface area contributed by atoms with Crippen LogP contribution in [0, 0.1) is 6.92 Å². The van der Waals surface area contributed by atoms with Crippen molar-refractivity contribution in [1.82, 2.24) is 9.97 Å². The number of rotatable bonds is 2. The Kier molecular flexibility index (Phi) is 3.08. The maximum atomic E-state index is 6.12. The Balaban J connectivity index is 2.03. The summed E-state index contributed by atoms with van der Waals surface area (Å²) in [5, 5.41) is 0.516. The van der Waals surface area contributed by atoms with E-state index >= 15 is 0 Å². The smallest absolute Gasteiger partial charge is 0.164 e. The van der Waals surface area contributed by atoms with Crippen LogP contribution in [0.3, 0.4) is 0 Å². The Morgan fingerprint density at radius 1 is 1.28 bits per heavy atom. The molecule has 0 saturated heterocycles. The molecule has 1 aliphatic rings. The molecule has 2 aromatic heterocycles. The zero-order chi connectivity index (χ0) is 12.5. The van der Waals surface area contributed by atoms with Crippen LogP contribution >= 0.6 is 11.6 Å². The highest BCUT2D eigenvalue weighted by molar-refractivity contribution is 6.29. The number of aromatic nitrogens is 2. The molecule has 0 radical (unpaired) electrons. The molecule has 18 heavy (non-hydrogen) atoms. The molecular weight excluding hydrogens is 248 g/mol. The van der Waals surface area contributed by atoms with Gasteiger partial charge in [0, 0.05) is 11.6 Å². The molecule has 0 bridgehead atoms. The maximum Gasteiger partial charge on any atom is 0.164 e. The first-order valence-corrected chi connectivity index (χ1v) is 6.71. The molecule has 4 heteroatoms. The quantitative estimate of drug-likeness (QED) is 0.755. The summed E-state index contributed by atoms with van der Waals surface area (Å²) in [6.07, 6.45) is 6.64. The molecule has 0 unspecified atom stereocenters. The zero-order valence-corrected chi connectivity index (χ0v) is 11.1.